The number of benzene rings is 1. The molecule has 0 saturated carbocycles. The molecule has 4 heterocycles. The summed E-state index contributed by atoms with van der Waals surface area (Å²) in [5, 5.41) is 10.1. The number of piperidine rings is 1. The highest BCUT2D eigenvalue weighted by atomic mass is 16.6. The highest BCUT2D eigenvalue weighted by Crippen LogP contribution is 2.32. The Morgan fingerprint density at radius 2 is 1.91 bits per heavy atom. The number of rotatable bonds is 4. The van der Waals surface area contributed by atoms with Gasteiger partial charge >= 0.3 is 6.09 Å². The number of hydrogen-bond acceptors (Lipinski definition) is 7. The Morgan fingerprint density at radius 3 is 2.61 bits per heavy atom. The van der Waals surface area contributed by atoms with Crippen LogP contribution in [-0.2, 0) is 11.2 Å². The van der Waals surface area contributed by atoms with Crippen molar-refractivity contribution in [3.63, 3.8) is 0 Å². The van der Waals surface area contributed by atoms with Gasteiger partial charge in [-0.25, -0.2) is 4.79 Å². The Balaban J connectivity index is 1.18. The lowest BCUT2D eigenvalue weighted by Crippen LogP contribution is -2.55. The third kappa shape index (κ3) is 4.34. The van der Waals surface area contributed by atoms with Gasteiger partial charge in [-0.05, 0) is 51.3 Å². The Hall–Kier alpha value is -2.94. The van der Waals surface area contributed by atoms with Crippen molar-refractivity contribution in [1.82, 2.24) is 29.7 Å². The molecule has 176 valence electrons. The molecule has 1 amide bonds. The molecule has 0 spiro atoms. The first-order valence-electron chi connectivity index (χ1n) is 11.8. The van der Waals surface area contributed by atoms with Crippen molar-refractivity contribution in [1.29, 1.82) is 0 Å². The largest absolute Gasteiger partial charge is 0.444 e. The lowest BCUT2D eigenvalue weighted by atomic mass is 9.93. The van der Waals surface area contributed by atoms with Crippen molar-refractivity contribution in [3.05, 3.63) is 35.9 Å². The van der Waals surface area contributed by atoms with Gasteiger partial charge < -0.3 is 14.2 Å². The summed E-state index contributed by atoms with van der Waals surface area (Å²) in [7, 11) is 0. The molecule has 9 heteroatoms. The summed E-state index contributed by atoms with van der Waals surface area (Å²) in [4.78, 5) is 21.2. The molecule has 0 atom stereocenters. The van der Waals surface area contributed by atoms with Crippen LogP contribution in [0.1, 0.15) is 58.0 Å². The summed E-state index contributed by atoms with van der Waals surface area (Å²) in [6.07, 6.45) is 2.56. The number of amides is 1. The average Bonchev–Trinajstić information content (AvgIpc) is 3.37. The summed E-state index contributed by atoms with van der Waals surface area (Å²) in [6.45, 7) is 11.1. The van der Waals surface area contributed by atoms with Crippen LogP contribution in [0.5, 0.6) is 0 Å². The SMILES string of the molecule is CCc1nn(-c2noc(C3CN(C4CCN(C(=O)OC(C)(C)C)CC4)C3)n2)c2ccccc12. The van der Waals surface area contributed by atoms with E-state index < -0.39 is 5.60 Å². The Labute approximate surface area is 193 Å². The molecule has 3 aromatic rings. The van der Waals surface area contributed by atoms with E-state index in [1.165, 1.54) is 0 Å². The van der Waals surface area contributed by atoms with Gasteiger partial charge in [-0.3, -0.25) is 4.90 Å². The molecule has 2 fully saturated rings. The number of likely N-dealkylation sites (tertiary alicyclic amines) is 2. The molecule has 0 unspecified atom stereocenters. The van der Waals surface area contributed by atoms with E-state index in [1.54, 1.807) is 4.68 Å². The fraction of sp³-hybridized carbons (Fsp3) is 0.583. The van der Waals surface area contributed by atoms with Gasteiger partial charge in [-0.15, -0.1) is 0 Å². The Morgan fingerprint density at radius 1 is 1.18 bits per heavy atom. The van der Waals surface area contributed by atoms with E-state index in [4.69, 9.17) is 14.4 Å². The fourth-order valence-electron chi connectivity index (χ4n) is 4.73. The molecule has 2 aliphatic rings. The predicted octanol–water partition coefficient (Wildman–Crippen LogP) is 3.77. The van der Waals surface area contributed by atoms with E-state index in [-0.39, 0.29) is 12.0 Å². The van der Waals surface area contributed by atoms with Crippen LogP contribution >= 0.6 is 0 Å². The predicted molar refractivity (Wildman–Crippen MR) is 123 cm³/mol. The maximum absolute atomic E-state index is 12.3. The summed E-state index contributed by atoms with van der Waals surface area (Å²) >= 11 is 0. The maximum atomic E-state index is 12.3. The van der Waals surface area contributed by atoms with Crippen molar-refractivity contribution in [2.75, 3.05) is 26.2 Å². The first-order chi connectivity index (χ1) is 15.8. The topological polar surface area (TPSA) is 89.5 Å². The molecule has 1 aromatic carbocycles. The number of carbonyl (C=O) groups excluding carboxylic acids is 1. The molecule has 33 heavy (non-hydrogen) atoms. The first kappa shape index (κ1) is 21.9. The van der Waals surface area contributed by atoms with E-state index in [0.29, 0.717) is 17.9 Å². The third-order valence-corrected chi connectivity index (χ3v) is 6.51. The summed E-state index contributed by atoms with van der Waals surface area (Å²) in [6, 6.07) is 8.61. The van der Waals surface area contributed by atoms with Crippen LogP contribution < -0.4 is 0 Å². The number of aromatic nitrogens is 4. The fourth-order valence-corrected chi connectivity index (χ4v) is 4.73. The molecular formula is C24H32N6O3. The molecule has 2 saturated heterocycles. The third-order valence-electron chi connectivity index (χ3n) is 6.51. The van der Waals surface area contributed by atoms with E-state index in [2.05, 4.69) is 28.0 Å². The average molecular weight is 453 g/mol. The molecule has 2 aliphatic heterocycles. The van der Waals surface area contributed by atoms with E-state index in [1.807, 2.05) is 43.9 Å². The molecule has 2 aromatic heterocycles. The molecule has 0 bridgehead atoms. The van der Waals surface area contributed by atoms with Crippen LogP contribution in [0.2, 0.25) is 0 Å². The number of ether oxygens (including phenoxy) is 1. The monoisotopic (exact) mass is 452 g/mol. The standard InChI is InChI=1S/C24H32N6O3/c1-5-19-18-8-6-7-9-20(18)30(26-19)22-25-21(33-27-22)16-14-29(15-16)17-10-12-28(13-11-17)23(31)32-24(2,3)4/h6-9,16-17H,5,10-15H2,1-4H3. The first-order valence-corrected chi connectivity index (χ1v) is 11.8. The second-order valence-electron chi connectivity index (χ2n) is 10.0. The van der Waals surface area contributed by atoms with Gasteiger partial charge in [0.25, 0.3) is 5.95 Å². The van der Waals surface area contributed by atoms with Crippen molar-refractivity contribution in [2.45, 2.75) is 64.5 Å². The second kappa shape index (κ2) is 8.44. The van der Waals surface area contributed by atoms with Gasteiger partial charge in [0.05, 0.1) is 17.1 Å². The maximum Gasteiger partial charge on any atom is 0.410 e. The van der Waals surface area contributed by atoms with Crippen LogP contribution in [-0.4, -0.2) is 73.6 Å². The minimum atomic E-state index is -0.456. The quantitative estimate of drug-likeness (QED) is 0.595. The summed E-state index contributed by atoms with van der Waals surface area (Å²) < 4.78 is 12.9. The van der Waals surface area contributed by atoms with Gasteiger partial charge in [0.1, 0.15) is 5.60 Å². The second-order valence-corrected chi connectivity index (χ2v) is 10.0. The number of carbonyl (C=O) groups is 1. The number of fused-ring (bicyclic) bond motifs is 1. The summed E-state index contributed by atoms with van der Waals surface area (Å²) in [5.41, 5.74) is 1.57. The Bertz CT molecular complexity index is 1130. The lowest BCUT2D eigenvalue weighted by Gasteiger charge is -2.45. The number of aryl methyl sites for hydroxylation is 1. The molecule has 0 aliphatic carbocycles. The van der Waals surface area contributed by atoms with Crippen LogP contribution in [0.15, 0.2) is 28.8 Å². The lowest BCUT2D eigenvalue weighted by molar-refractivity contribution is 0.00385. The van der Waals surface area contributed by atoms with E-state index >= 15 is 0 Å². The van der Waals surface area contributed by atoms with Gasteiger partial charge in [-0.2, -0.15) is 14.8 Å². The van der Waals surface area contributed by atoms with Crippen LogP contribution in [0.25, 0.3) is 16.9 Å². The van der Waals surface area contributed by atoms with Crippen molar-refractivity contribution in [3.8, 4) is 5.95 Å². The van der Waals surface area contributed by atoms with Gasteiger partial charge in [-0.1, -0.05) is 25.1 Å². The molecule has 9 nitrogen and oxygen atoms in total. The summed E-state index contributed by atoms with van der Waals surface area (Å²) in [5.74, 6) is 1.40. The van der Waals surface area contributed by atoms with Crippen molar-refractivity contribution in [2.24, 2.45) is 0 Å². The zero-order valence-corrected chi connectivity index (χ0v) is 19.8. The number of nitrogens with zero attached hydrogens (tertiary/aromatic N) is 6. The highest BCUT2D eigenvalue weighted by Gasteiger charge is 2.39. The number of hydrogen-bond donors (Lipinski definition) is 0. The van der Waals surface area contributed by atoms with Gasteiger partial charge in [0, 0.05) is 37.6 Å². The molecule has 0 radical (unpaired) electrons. The van der Waals surface area contributed by atoms with Crippen LogP contribution in [0, 0.1) is 0 Å². The molecule has 0 N–H and O–H groups in total. The van der Waals surface area contributed by atoms with Crippen LogP contribution in [0.4, 0.5) is 4.79 Å². The zero-order valence-electron chi connectivity index (χ0n) is 19.8. The van der Waals surface area contributed by atoms with Crippen LogP contribution in [0.3, 0.4) is 0 Å². The van der Waals surface area contributed by atoms with Crippen molar-refractivity contribution >= 4 is 17.0 Å². The highest BCUT2D eigenvalue weighted by molar-refractivity contribution is 5.83. The van der Waals surface area contributed by atoms with Crippen molar-refractivity contribution < 1.29 is 14.1 Å². The smallest absolute Gasteiger partial charge is 0.410 e. The molecule has 5 rings (SSSR count). The zero-order chi connectivity index (χ0) is 23.2. The number of para-hydroxylation sites is 1. The van der Waals surface area contributed by atoms with Gasteiger partial charge in [0.2, 0.25) is 5.89 Å². The van der Waals surface area contributed by atoms with E-state index in [0.717, 1.165) is 62.0 Å². The normalized spacial score (nSPS) is 18.6. The molecular weight excluding hydrogens is 420 g/mol. The van der Waals surface area contributed by atoms with E-state index in [9.17, 15) is 4.79 Å². The van der Waals surface area contributed by atoms with Gasteiger partial charge in [0.15, 0.2) is 0 Å². The minimum absolute atomic E-state index is 0.210. The Kier molecular flexibility index (Phi) is 5.60. The minimum Gasteiger partial charge on any atom is -0.444 e.